The van der Waals surface area contributed by atoms with Gasteiger partial charge in [-0.3, -0.25) is 0 Å². The van der Waals surface area contributed by atoms with Crippen molar-refractivity contribution in [2.45, 2.75) is 38.1 Å². The van der Waals surface area contributed by atoms with E-state index in [1.165, 1.54) is 106 Å². The van der Waals surface area contributed by atoms with Gasteiger partial charge in [0.15, 0.2) is 0 Å². The molecule has 10 aromatic rings. The molecule has 0 radical (unpaired) electrons. The minimum Gasteiger partial charge on any atom is -0.326 e. The van der Waals surface area contributed by atoms with Crippen LogP contribution in [0.1, 0.15) is 63.9 Å². The third-order valence-electron chi connectivity index (χ3n) is 13.7. The Bertz CT molecular complexity index is 3290. The lowest BCUT2D eigenvalue weighted by molar-refractivity contribution is 0.563. The molecule has 3 N–H and O–H groups in total. The van der Waals surface area contributed by atoms with E-state index in [0.29, 0.717) is 6.54 Å². The van der Waals surface area contributed by atoms with Gasteiger partial charge in [-0.05, 0) is 113 Å². The summed E-state index contributed by atoms with van der Waals surface area (Å²) in [6.07, 6.45) is 1.53. The Morgan fingerprint density at radius 3 is 1.60 bits per heavy atom. The summed E-state index contributed by atoms with van der Waals surface area (Å²) < 4.78 is 0. The Labute approximate surface area is 383 Å². The van der Waals surface area contributed by atoms with Gasteiger partial charge in [0.1, 0.15) is 0 Å². The molecule has 12 rings (SSSR count). The van der Waals surface area contributed by atoms with Crippen molar-refractivity contribution in [3.05, 3.63) is 275 Å². The van der Waals surface area contributed by atoms with Gasteiger partial charge in [-0.25, -0.2) is 0 Å². The lowest BCUT2D eigenvalue weighted by Crippen LogP contribution is -2.40. The van der Waals surface area contributed by atoms with E-state index in [-0.39, 0.29) is 5.41 Å². The predicted octanol–water partition coefficient (Wildman–Crippen LogP) is 15.5. The Morgan fingerprint density at radius 1 is 0.431 bits per heavy atom. The van der Waals surface area contributed by atoms with E-state index in [4.69, 9.17) is 11.1 Å². The van der Waals surface area contributed by atoms with Gasteiger partial charge >= 0.3 is 0 Å². The van der Waals surface area contributed by atoms with Crippen molar-refractivity contribution < 1.29 is 0 Å². The summed E-state index contributed by atoms with van der Waals surface area (Å²) in [6.45, 7) is 7.40. The van der Waals surface area contributed by atoms with E-state index >= 15 is 0 Å². The summed E-state index contributed by atoms with van der Waals surface area (Å²) in [5.74, 6) is 0. The van der Waals surface area contributed by atoms with E-state index in [9.17, 15) is 0 Å². The molecular weight excluding hydrogens is 785 g/mol. The van der Waals surface area contributed by atoms with Crippen LogP contribution in [0.15, 0.2) is 224 Å². The van der Waals surface area contributed by atoms with Crippen molar-refractivity contribution in [2.75, 3.05) is 0 Å². The van der Waals surface area contributed by atoms with Crippen LogP contribution < -0.4 is 5.73 Å². The average Bonchev–Trinajstić information content (AvgIpc) is 3.67. The van der Waals surface area contributed by atoms with Crippen LogP contribution in [0.5, 0.6) is 0 Å². The van der Waals surface area contributed by atoms with Gasteiger partial charge in [-0.1, -0.05) is 232 Å². The van der Waals surface area contributed by atoms with Crippen molar-refractivity contribution in [2.24, 2.45) is 5.73 Å². The van der Waals surface area contributed by atoms with Gasteiger partial charge in [0.05, 0.1) is 5.41 Å². The number of nitrogens with one attached hydrogen (secondary N) is 1. The summed E-state index contributed by atoms with van der Waals surface area (Å²) in [5.41, 5.74) is 23.7. The summed E-state index contributed by atoms with van der Waals surface area (Å²) >= 11 is 0. The highest BCUT2D eigenvalue weighted by molar-refractivity contribution is 6.08. The van der Waals surface area contributed by atoms with Gasteiger partial charge in [0.25, 0.3) is 0 Å². The van der Waals surface area contributed by atoms with E-state index in [1.54, 1.807) is 0 Å². The highest BCUT2D eigenvalue weighted by Gasteiger charge is 2.53. The minimum absolute atomic E-state index is 0.129. The van der Waals surface area contributed by atoms with Gasteiger partial charge in [-0.2, -0.15) is 0 Å². The molecule has 1 spiro atoms. The van der Waals surface area contributed by atoms with Crippen molar-refractivity contribution in [1.29, 1.82) is 5.41 Å². The van der Waals surface area contributed by atoms with Crippen molar-refractivity contribution >= 4 is 27.8 Å². The van der Waals surface area contributed by atoms with Crippen LogP contribution in [0.4, 0.5) is 0 Å². The van der Waals surface area contributed by atoms with Gasteiger partial charge in [-0.15, -0.1) is 0 Å². The molecule has 0 bridgehead atoms. The van der Waals surface area contributed by atoms with Gasteiger partial charge in [0.2, 0.25) is 0 Å². The first-order valence-electron chi connectivity index (χ1n) is 22.6. The standard InChI is InChI=1S/C43H31N.C13H13N.C7H8/c1-42(2)36-13-5-7-15-38(36)43(39-16-8-6-14-37(39)42)35-23-21-29(25-34(35)41-31(26-44)11-9-17-40(41)43)28-20-22-33-30(24-28)19-18-27-10-3-4-12-32(27)33;14-10-11-6-8-13(9-7-11)12-4-2-1-3-5-12;1-7-5-3-2-4-6-7/h3-26,44H,1-2H3;1-9H,10,14H2;2-6H,1H3. The minimum atomic E-state index is -0.451. The van der Waals surface area contributed by atoms with Gasteiger partial charge < -0.3 is 11.1 Å². The number of rotatable bonds is 4. The molecule has 0 amide bonds. The number of fused-ring (bicyclic) bond motifs is 12. The highest BCUT2D eigenvalue weighted by atomic mass is 14.5. The molecule has 2 heteroatoms. The summed E-state index contributed by atoms with van der Waals surface area (Å²) in [6, 6.07) is 80.5. The summed E-state index contributed by atoms with van der Waals surface area (Å²) in [5, 5.41) is 13.5. The maximum Gasteiger partial charge on any atom is 0.0719 e. The second-order valence-corrected chi connectivity index (χ2v) is 17.8. The number of hydrogen-bond acceptors (Lipinski definition) is 2. The molecule has 0 unspecified atom stereocenters. The monoisotopic (exact) mass is 836 g/mol. The molecule has 314 valence electrons. The average molecular weight is 837 g/mol. The molecule has 10 aromatic carbocycles. The second kappa shape index (κ2) is 17.1. The number of nitrogens with two attached hydrogens (primary N) is 1. The number of aryl methyl sites for hydroxylation is 1. The number of hydrogen-bond donors (Lipinski definition) is 2. The van der Waals surface area contributed by atoms with Crippen LogP contribution in [0, 0.1) is 12.3 Å². The third-order valence-corrected chi connectivity index (χ3v) is 13.7. The third kappa shape index (κ3) is 7.17. The van der Waals surface area contributed by atoms with Crippen LogP contribution >= 0.6 is 0 Å². The largest absolute Gasteiger partial charge is 0.326 e. The van der Waals surface area contributed by atoms with Crippen LogP contribution in [-0.2, 0) is 17.4 Å². The maximum atomic E-state index is 8.46. The van der Waals surface area contributed by atoms with E-state index in [1.807, 2.05) is 36.4 Å². The molecule has 0 fully saturated rings. The molecule has 0 aromatic heterocycles. The maximum absolute atomic E-state index is 8.46. The molecular formula is C63H52N2. The molecule has 2 aliphatic carbocycles. The van der Waals surface area contributed by atoms with Crippen molar-refractivity contribution in [3.63, 3.8) is 0 Å². The molecule has 0 saturated heterocycles. The second-order valence-electron chi connectivity index (χ2n) is 17.8. The molecule has 2 nitrogen and oxygen atoms in total. The molecule has 2 aliphatic rings. The van der Waals surface area contributed by atoms with Crippen LogP contribution in [-0.4, -0.2) is 6.21 Å². The smallest absolute Gasteiger partial charge is 0.0719 e. The normalized spacial score (nSPS) is 13.3. The first-order chi connectivity index (χ1) is 31.8. The lowest BCUT2D eigenvalue weighted by atomic mass is 9.55. The fourth-order valence-electron chi connectivity index (χ4n) is 10.5. The van der Waals surface area contributed by atoms with E-state index in [0.717, 1.165) is 5.56 Å². The molecule has 0 aliphatic heterocycles. The molecule has 0 saturated carbocycles. The fourth-order valence-corrected chi connectivity index (χ4v) is 10.5. The zero-order valence-corrected chi connectivity index (χ0v) is 37.2. The predicted molar refractivity (Wildman–Crippen MR) is 275 cm³/mol. The summed E-state index contributed by atoms with van der Waals surface area (Å²) in [4.78, 5) is 0. The van der Waals surface area contributed by atoms with Gasteiger partial charge in [0, 0.05) is 23.7 Å². The topological polar surface area (TPSA) is 49.9 Å². The first-order valence-corrected chi connectivity index (χ1v) is 22.6. The highest BCUT2D eigenvalue weighted by Crippen LogP contribution is 2.62. The van der Waals surface area contributed by atoms with E-state index < -0.39 is 5.41 Å². The first kappa shape index (κ1) is 41.4. The van der Waals surface area contributed by atoms with Crippen LogP contribution in [0.3, 0.4) is 0 Å². The Morgan fingerprint density at radius 2 is 0.954 bits per heavy atom. The summed E-state index contributed by atoms with van der Waals surface area (Å²) in [7, 11) is 0. The van der Waals surface area contributed by atoms with Crippen molar-refractivity contribution in [3.8, 4) is 33.4 Å². The molecule has 65 heavy (non-hydrogen) atoms. The van der Waals surface area contributed by atoms with Crippen LogP contribution in [0.2, 0.25) is 0 Å². The molecule has 0 atom stereocenters. The Hall–Kier alpha value is -7.65. The lowest BCUT2D eigenvalue weighted by Gasteiger charge is -2.46. The SMILES string of the molecule is CC1(C)c2ccccc2C2(c3ccc(-c4ccc5c(ccc6ccccc65)c4)cc3-c3c(C=N)cccc32)c2ccccc21.Cc1ccccc1.NCc1ccc(-c2ccccc2)cc1. The fraction of sp³-hybridized carbons (Fsp3) is 0.0952. The number of benzene rings is 10. The quantitative estimate of drug-likeness (QED) is 0.135. The van der Waals surface area contributed by atoms with E-state index in [2.05, 4.69) is 209 Å². The zero-order chi connectivity index (χ0) is 44.5. The Balaban J connectivity index is 0.000000194. The van der Waals surface area contributed by atoms with Crippen molar-refractivity contribution in [1.82, 2.24) is 0 Å². The molecule has 0 heterocycles. The Kier molecular flexibility index (Phi) is 10.9. The van der Waals surface area contributed by atoms with Crippen LogP contribution in [0.25, 0.3) is 54.9 Å². The zero-order valence-electron chi connectivity index (χ0n) is 37.2.